The summed E-state index contributed by atoms with van der Waals surface area (Å²) in [4.78, 5) is 12.6. The zero-order chi connectivity index (χ0) is 15.2. The third kappa shape index (κ3) is 4.12. The smallest absolute Gasteiger partial charge is 0.313 e. The molecule has 0 saturated heterocycles. The Labute approximate surface area is 133 Å². The average Bonchev–Trinajstić information content (AvgIpc) is 2.81. The van der Waals surface area contributed by atoms with Gasteiger partial charge < -0.3 is 5.32 Å². The second-order valence-electron chi connectivity index (χ2n) is 4.59. The van der Waals surface area contributed by atoms with Crippen molar-refractivity contribution in [1.29, 1.82) is 0 Å². The molecule has 0 amide bonds. The van der Waals surface area contributed by atoms with Crippen LogP contribution in [0.25, 0.3) is 0 Å². The van der Waals surface area contributed by atoms with Crippen molar-refractivity contribution in [2.45, 2.75) is 43.4 Å². The van der Waals surface area contributed by atoms with E-state index in [-0.39, 0.29) is 5.69 Å². The number of H-pyrrole nitrogens is 1. The van der Waals surface area contributed by atoms with Crippen molar-refractivity contribution in [3.8, 4) is 0 Å². The number of hydrogen-bond acceptors (Lipinski definition) is 4. The highest BCUT2D eigenvalue weighted by atomic mass is 35.5. The largest absolute Gasteiger partial charge is 0.343 e. The van der Waals surface area contributed by atoms with Crippen molar-refractivity contribution >= 4 is 23.4 Å². The number of nitrogens with zero attached hydrogens (tertiary/aromatic N) is 2. The Hall–Kier alpha value is -1.24. The predicted molar refractivity (Wildman–Crippen MR) is 86.1 cm³/mol. The molecule has 7 heteroatoms. The Morgan fingerprint density at radius 2 is 2.24 bits per heavy atom. The van der Waals surface area contributed by atoms with E-state index >= 15 is 0 Å². The van der Waals surface area contributed by atoms with Crippen molar-refractivity contribution in [1.82, 2.24) is 20.1 Å². The van der Waals surface area contributed by atoms with Crippen LogP contribution in [0.3, 0.4) is 0 Å². The molecule has 0 bridgehead atoms. The SMILES string of the molecule is CCCNCc1ccc(Cl)cc1Sc1n[nH]c(=O)n1CC. The molecule has 21 heavy (non-hydrogen) atoms. The van der Waals surface area contributed by atoms with Gasteiger partial charge in [-0.2, -0.15) is 0 Å². The van der Waals surface area contributed by atoms with Gasteiger partial charge in [0.15, 0.2) is 5.16 Å². The van der Waals surface area contributed by atoms with Gasteiger partial charge in [-0.3, -0.25) is 4.57 Å². The molecule has 2 N–H and O–H groups in total. The van der Waals surface area contributed by atoms with Crippen LogP contribution in [0.5, 0.6) is 0 Å². The molecule has 0 fully saturated rings. The average molecular weight is 327 g/mol. The van der Waals surface area contributed by atoms with Crippen LogP contribution in [0.2, 0.25) is 5.02 Å². The number of aromatic nitrogens is 3. The van der Waals surface area contributed by atoms with Crippen molar-refractivity contribution in [2.24, 2.45) is 0 Å². The minimum absolute atomic E-state index is 0.187. The first kappa shape index (κ1) is 16.1. The highest BCUT2D eigenvalue weighted by molar-refractivity contribution is 7.99. The van der Waals surface area contributed by atoms with Crippen molar-refractivity contribution in [3.05, 3.63) is 39.3 Å². The molecule has 0 aliphatic heterocycles. The summed E-state index contributed by atoms with van der Waals surface area (Å²) in [5, 5.41) is 11.3. The summed E-state index contributed by atoms with van der Waals surface area (Å²) in [6.07, 6.45) is 1.09. The molecule has 1 heterocycles. The molecule has 0 spiro atoms. The minimum atomic E-state index is -0.187. The molecule has 0 aliphatic carbocycles. The maximum absolute atomic E-state index is 11.6. The topological polar surface area (TPSA) is 62.7 Å². The molecule has 0 atom stereocenters. The van der Waals surface area contributed by atoms with E-state index in [1.54, 1.807) is 4.57 Å². The Morgan fingerprint density at radius 1 is 1.43 bits per heavy atom. The molecule has 2 aromatic rings. The number of rotatable bonds is 7. The van der Waals surface area contributed by atoms with E-state index in [1.807, 2.05) is 25.1 Å². The second-order valence-corrected chi connectivity index (χ2v) is 6.03. The molecule has 0 radical (unpaired) electrons. The fraction of sp³-hybridized carbons (Fsp3) is 0.429. The molecule has 2 rings (SSSR count). The van der Waals surface area contributed by atoms with Crippen LogP contribution in [0.1, 0.15) is 25.8 Å². The van der Waals surface area contributed by atoms with E-state index in [4.69, 9.17) is 11.6 Å². The Balaban J connectivity index is 2.25. The highest BCUT2D eigenvalue weighted by Crippen LogP contribution is 2.30. The van der Waals surface area contributed by atoms with Gasteiger partial charge in [0.25, 0.3) is 0 Å². The number of hydrogen-bond donors (Lipinski definition) is 2. The number of benzene rings is 1. The van der Waals surface area contributed by atoms with E-state index in [1.165, 1.54) is 11.8 Å². The van der Waals surface area contributed by atoms with Gasteiger partial charge in [0.2, 0.25) is 0 Å². The summed E-state index contributed by atoms with van der Waals surface area (Å²) in [6, 6.07) is 5.80. The summed E-state index contributed by atoms with van der Waals surface area (Å²) >= 11 is 7.55. The quantitative estimate of drug-likeness (QED) is 0.768. The van der Waals surface area contributed by atoms with Gasteiger partial charge in [-0.1, -0.05) is 24.6 Å². The lowest BCUT2D eigenvalue weighted by molar-refractivity contribution is 0.658. The number of halogens is 1. The first-order valence-corrected chi connectivity index (χ1v) is 8.17. The lowest BCUT2D eigenvalue weighted by Crippen LogP contribution is -2.16. The number of aromatic amines is 1. The third-order valence-corrected chi connectivity index (χ3v) is 4.34. The molecular formula is C14H19ClN4OS. The van der Waals surface area contributed by atoms with E-state index in [9.17, 15) is 4.79 Å². The zero-order valence-electron chi connectivity index (χ0n) is 12.1. The van der Waals surface area contributed by atoms with Crippen molar-refractivity contribution < 1.29 is 0 Å². The summed E-state index contributed by atoms with van der Waals surface area (Å²) in [6.45, 7) is 6.38. The maximum Gasteiger partial charge on any atom is 0.343 e. The van der Waals surface area contributed by atoms with Crippen LogP contribution in [0.4, 0.5) is 0 Å². The van der Waals surface area contributed by atoms with Crippen molar-refractivity contribution in [2.75, 3.05) is 6.54 Å². The lowest BCUT2D eigenvalue weighted by Gasteiger charge is -2.10. The Kier molecular flexibility index (Phi) is 5.90. The van der Waals surface area contributed by atoms with Crippen LogP contribution in [-0.2, 0) is 13.1 Å². The van der Waals surface area contributed by atoms with Gasteiger partial charge in [0.05, 0.1) is 0 Å². The Morgan fingerprint density at radius 3 is 2.95 bits per heavy atom. The highest BCUT2D eigenvalue weighted by Gasteiger charge is 2.12. The Bertz CT molecular complexity index is 653. The van der Waals surface area contributed by atoms with Crippen LogP contribution in [-0.4, -0.2) is 21.3 Å². The van der Waals surface area contributed by atoms with Crippen LogP contribution in [0.15, 0.2) is 33.0 Å². The van der Waals surface area contributed by atoms with Crippen LogP contribution >= 0.6 is 23.4 Å². The molecule has 5 nitrogen and oxygen atoms in total. The monoisotopic (exact) mass is 326 g/mol. The summed E-state index contributed by atoms with van der Waals surface area (Å²) in [5.74, 6) is 0. The molecule has 114 valence electrons. The fourth-order valence-electron chi connectivity index (χ4n) is 1.93. The molecule has 0 unspecified atom stereocenters. The normalized spacial score (nSPS) is 11.0. The number of nitrogens with one attached hydrogen (secondary N) is 2. The van der Waals surface area contributed by atoms with E-state index in [0.29, 0.717) is 16.7 Å². The molecule has 0 aliphatic rings. The van der Waals surface area contributed by atoms with E-state index in [0.717, 1.165) is 30.0 Å². The molecule has 1 aromatic carbocycles. The van der Waals surface area contributed by atoms with Gasteiger partial charge in [-0.25, -0.2) is 9.89 Å². The fourth-order valence-corrected chi connectivity index (χ4v) is 3.23. The summed E-state index contributed by atoms with van der Waals surface area (Å²) in [5.41, 5.74) is 0.962. The van der Waals surface area contributed by atoms with Gasteiger partial charge in [-0.15, -0.1) is 5.10 Å². The molecular weight excluding hydrogens is 308 g/mol. The standard InChI is InChI=1S/C14H19ClN4OS/c1-3-7-16-9-10-5-6-11(15)8-12(10)21-14-18-17-13(20)19(14)4-2/h5-6,8,16H,3-4,7,9H2,1-2H3,(H,17,20). The second kappa shape index (κ2) is 7.68. The predicted octanol–water partition coefficient (Wildman–Crippen LogP) is 2.90. The van der Waals surface area contributed by atoms with Gasteiger partial charge in [-0.05, 0) is 49.3 Å². The van der Waals surface area contributed by atoms with E-state index in [2.05, 4.69) is 22.4 Å². The summed E-state index contributed by atoms with van der Waals surface area (Å²) in [7, 11) is 0. The van der Waals surface area contributed by atoms with E-state index < -0.39 is 0 Å². The lowest BCUT2D eigenvalue weighted by atomic mass is 10.2. The zero-order valence-corrected chi connectivity index (χ0v) is 13.7. The van der Waals surface area contributed by atoms with Gasteiger partial charge in [0, 0.05) is 23.0 Å². The molecule has 0 saturated carbocycles. The maximum atomic E-state index is 11.6. The van der Waals surface area contributed by atoms with Crippen LogP contribution in [0, 0.1) is 0 Å². The van der Waals surface area contributed by atoms with Crippen molar-refractivity contribution in [3.63, 3.8) is 0 Å². The molecule has 1 aromatic heterocycles. The minimum Gasteiger partial charge on any atom is -0.313 e. The summed E-state index contributed by atoms with van der Waals surface area (Å²) < 4.78 is 1.61. The first-order chi connectivity index (χ1) is 10.2. The first-order valence-electron chi connectivity index (χ1n) is 6.97. The van der Waals surface area contributed by atoms with Gasteiger partial charge in [0.1, 0.15) is 0 Å². The van der Waals surface area contributed by atoms with Crippen LogP contribution < -0.4 is 11.0 Å². The third-order valence-electron chi connectivity index (χ3n) is 3.01. The van der Waals surface area contributed by atoms with Gasteiger partial charge >= 0.3 is 5.69 Å².